The third kappa shape index (κ3) is 2.05. The van der Waals surface area contributed by atoms with Crippen molar-refractivity contribution in [2.24, 2.45) is 11.8 Å². The minimum atomic E-state index is 0.0941. The van der Waals surface area contributed by atoms with Crippen molar-refractivity contribution in [3.63, 3.8) is 0 Å². The fourth-order valence-electron chi connectivity index (χ4n) is 2.77. The van der Waals surface area contributed by atoms with Crippen LogP contribution in [0.3, 0.4) is 0 Å². The molecule has 0 unspecified atom stereocenters. The van der Waals surface area contributed by atoms with Crippen molar-refractivity contribution in [3.8, 4) is 0 Å². The highest BCUT2D eigenvalue weighted by Gasteiger charge is 2.42. The Morgan fingerprint density at radius 2 is 2.22 bits per heavy atom. The summed E-state index contributed by atoms with van der Waals surface area (Å²) in [6, 6.07) is 4.13. The van der Waals surface area contributed by atoms with Crippen LogP contribution in [0.4, 0.5) is 0 Å². The van der Waals surface area contributed by atoms with Crippen LogP contribution in [0.15, 0.2) is 18.3 Å². The molecule has 0 radical (unpaired) electrons. The lowest BCUT2D eigenvalue weighted by molar-refractivity contribution is -0.135. The molecule has 0 bridgehead atoms. The van der Waals surface area contributed by atoms with E-state index in [1.165, 1.54) is 5.69 Å². The normalized spacial score (nSPS) is 30.8. The van der Waals surface area contributed by atoms with Crippen LogP contribution >= 0.6 is 0 Å². The molecule has 4 heteroatoms. The number of ether oxygens (including phenoxy) is 1. The Kier molecular flexibility index (Phi) is 2.90. The first-order valence-electron chi connectivity index (χ1n) is 6.64. The average Bonchev–Trinajstić information content (AvgIpc) is 3.00. The number of fused-ring (bicyclic) bond motifs is 1. The fraction of sp³-hybridized carbons (Fsp3) is 0.643. The summed E-state index contributed by atoms with van der Waals surface area (Å²) in [6.07, 6.45) is 3.21. The third-order valence-electron chi connectivity index (χ3n) is 4.17. The largest absolute Gasteiger partial charge is 0.378 e. The zero-order chi connectivity index (χ0) is 12.7. The van der Waals surface area contributed by atoms with Crippen molar-refractivity contribution < 1.29 is 9.53 Å². The number of amides is 1. The van der Waals surface area contributed by atoms with Crippen molar-refractivity contribution >= 4 is 5.91 Å². The topological polar surface area (TPSA) is 34.5 Å². The molecule has 2 heterocycles. The van der Waals surface area contributed by atoms with Crippen LogP contribution in [0.1, 0.15) is 19.0 Å². The van der Waals surface area contributed by atoms with Gasteiger partial charge in [-0.3, -0.25) is 4.79 Å². The van der Waals surface area contributed by atoms with Crippen molar-refractivity contribution in [3.05, 3.63) is 24.0 Å². The van der Waals surface area contributed by atoms with E-state index in [0.717, 1.165) is 19.5 Å². The van der Waals surface area contributed by atoms with Gasteiger partial charge in [-0.15, -0.1) is 0 Å². The summed E-state index contributed by atoms with van der Waals surface area (Å²) >= 11 is 0. The van der Waals surface area contributed by atoms with Gasteiger partial charge in [-0.25, -0.2) is 0 Å². The highest BCUT2D eigenvalue weighted by molar-refractivity contribution is 5.81. The molecule has 1 aliphatic carbocycles. The van der Waals surface area contributed by atoms with Crippen LogP contribution in [-0.2, 0) is 22.6 Å². The number of methoxy groups -OCH3 is 1. The van der Waals surface area contributed by atoms with Crippen LogP contribution in [0.5, 0.6) is 0 Å². The maximum atomic E-state index is 12.4. The molecule has 1 aliphatic heterocycles. The highest BCUT2D eigenvalue weighted by atomic mass is 16.5. The second-order valence-electron chi connectivity index (χ2n) is 5.55. The molecular formula is C14H20N2O2. The molecule has 0 spiro atoms. The van der Waals surface area contributed by atoms with Gasteiger partial charge in [0.05, 0.1) is 19.2 Å². The molecular weight excluding hydrogens is 228 g/mol. The molecule has 0 N–H and O–H groups in total. The van der Waals surface area contributed by atoms with Gasteiger partial charge in [-0.1, -0.05) is 6.92 Å². The number of nitrogens with zero attached hydrogens (tertiary/aromatic N) is 2. The number of aromatic nitrogens is 1. The Labute approximate surface area is 108 Å². The molecule has 2 aliphatic rings. The van der Waals surface area contributed by atoms with Crippen molar-refractivity contribution in [2.75, 3.05) is 13.7 Å². The molecule has 98 valence electrons. The Morgan fingerprint density at radius 1 is 1.44 bits per heavy atom. The van der Waals surface area contributed by atoms with Gasteiger partial charge in [0.2, 0.25) is 5.91 Å². The minimum absolute atomic E-state index is 0.0941. The lowest BCUT2D eigenvalue weighted by atomic mass is 10.2. The number of hydrogen-bond donors (Lipinski definition) is 0. The summed E-state index contributed by atoms with van der Waals surface area (Å²) in [6.45, 7) is 4.41. The molecule has 18 heavy (non-hydrogen) atoms. The van der Waals surface area contributed by atoms with E-state index < -0.39 is 0 Å². The van der Waals surface area contributed by atoms with E-state index in [9.17, 15) is 4.79 Å². The van der Waals surface area contributed by atoms with Gasteiger partial charge in [-0.05, 0) is 24.5 Å². The number of carbonyl (C=O) groups is 1. The molecule has 1 aromatic heterocycles. The van der Waals surface area contributed by atoms with Crippen LogP contribution < -0.4 is 0 Å². The van der Waals surface area contributed by atoms with Crippen molar-refractivity contribution in [1.29, 1.82) is 0 Å². The third-order valence-corrected chi connectivity index (χ3v) is 4.17. The molecule has 3 rings (SSSR count). The van der Waals surface area contributed by atoms with Crippen molar-refractivity contribution in [2.45, 2.75) is 32.5 Å². The van der Waals surface area contributed by atoms with Crippen LogP contribution in [0, 0.1) is 11.8 Å². The smallest absolute Gasteiger partial charge is 0.226 e. The number of hydrogen-bond acceptors (Lipinski definition) is 2. The van der Waals surface area contributed by atoms with E-state index in [1.807, 2.05) is 11.0 Å². The Balaban J connectivity index is 1.80. The summed E-state index contributed by atoms with van der Waals surface area (Å²) in [7, 11) is 1.72. The van der Waals surface area contributed by atoms with Crippen molar-refractivity contribution in [1.82, 2.24) is 9.47 Å². The minimum Gasteiger partial charge on any atom is -0.378 e. The predicted octanol–water partition coefficient (Wildman–Crippen LogP) is 1.50. The molecule has 1 amide bonds. The zero-order valence-corrected chi connectivity index (χ0v) is 11.0. The van der Waals surface area contributed by atoms with Crippen LogP contribution in [0.2, 0.25) is 0 Å². The standard InChI is InChI=1S/C14H20N2O2/c1-10-6-13(10)14(17)16-7-11-4-3-5-15(11)8-12(9-16)18-2/h3-5,10,12-13H,6-9H2,1-2H3/t10-,12+,13-/m1/s1. The van der Waals surface area contributed by atoms with Gasteiger partial charge in [0.1, 0.15) is 0 Å². The summed E-state index contributed by atoms with van der Waals surface area (Å²) < 4.78 is 7.68. The van der Waals surface area contributed by atoms with E-state index in [1.54, 1.807) is 7.11 Å². The van der Waals surface area contributed by atoms with Crippen LogP contribution in [-0.4, -0.2) is 35.1 Å². The number of rotatable bonds is 2. The number of carbonyl (C=O) groups excluding carboxylic acids is 1. The highest BCUT2D eigenvalue weighted by Crippen LogP contribution is 2.39. The molecule has 1 aromatic rings. The molecule has 0 saturated heterocycles. The maximum absolute atomic E-state index is 12.4. The lowest BCUT2D eigenvalue weighted by Gasteiger charge is -2.23. The zero-order valence-electron chi connectivity index (χ0n) is 11.0. The maximum Gasteiger partial charge on any atom is 0.226 e. The first-order chi connectivity index (χ1) is 8.69. The van der Waals surface area contributed by atoms with Crippen LogP contribution in [0.25, 0.3) is 0 Å². The monoisotopic (exact) mass is 248 g/mol. The Morgan fingerprint density at radius 3 is 2.89 bits per heavy atom. The average molecular weight is 248 g/mol. The van der Waals surface area contributed by atoms with Gasteiger partial charge in [-0.2, -0.15) is 0 Å². The van der Waals surface area contributed by atoms with Gasteiger partial charge >= 0.3 is 0 Å². The fourth-order valence-corrected chi connectivity index (χ4v) is 2.77. The summed E-state index contributed by atoms with van der Waals surface area (Å²) in [5.41, 5.74) is 1.20. The van der Waals surface area contributed by atoms with E-state index >= 15 is 0 Å². The molecule has 3 atom stereocenters. The lowest BCUT2D eigenvalue weighted by Crippen LogP contribution is -2.38. The molecule has 0 aromatic carbocycles. The quantitative estimate of drug-likeness (QED) is 0.795. The van der Waals surface area contributed by atoms with Gasteiger partial charge in [0, 0.05) is 31.5 Å². The predicted molar refractivity (Wildman–Crippen MR) is 67.9 cm³/mol. The molecule has 1 saturated carbocycles. The van der Waals surface area contributed by atoms with E-state index in [-0.39, 0.29) is 12.0 Å². The molecule has 4 nitrogen and oxygen atoms in total. The first-order valence-corrected chi connectivity index (χ1v) is 6.64. The van der Waals surface area contributed by atoms with Gasteiger partial charge < -0.3 is 14.2 Å². The Bertz CT molecular complexity index is 454. The first kappa shape index (κ1) is 11.8. The summed E-state index contributed by atoms with van der Waals surface area (Å²) in [4.78, 5) is 14.4. The van der Waals surface area contributed by atoms with E-state index in [0.29, 0.717) is 18.4 Å². The SMILES string of the molecule is CO[C@@H]1CN(C(=O)[C@@H]2C[C@H]2C)Cc2cccn2C1. The summed E-state index contributed by atoms with van der Waals surface area (Å²) in [5, 5.41) is 0. The van der Waals surface area contributed by atoms with E-state index in [4.69, 9.17) is 4.74 Å². The van der Waals surface area contributed by atoms with Gasteiger partial charge in [0.15, 0.2) is 0 Å². The second-order valence-corrected chi connectivity index (χ2v) is 5.55. The Hall–Kier alpha value is -1.29. The van der Waals surface area contributed by atoms with Gasteiger partial charge in [0.25, 0.3) is 0 Å². The van der Waals surface area contributed by atoms with E-state index in [2.05, 4.69) is 23.8 Å². The molecule has 1 fully saturated rings. The summed E-state index contributed by atoms with van der Waals surface area (Å²) in [5.74, 6) is 1.12. The second kappa shape index (κ2) is 4.43.